The molecule has 0 saturated carbocycles. The molecular weight excluding hydrogens is 278 g/mol. The fraction of sp³-hybridized carbons (Fsp3) is 0.625. The Bertz CT molecular complexity index is 483. The molecule has 0 radical (unpaired) electrons. The van der Waals surface area contributed by atoms with Gasteiger partial charge in [0.1, 0.15) is 5.82 Å². The van der Waals surface area contributed by atoms with Gasteiger partial charge in [0.2, 0.25) is 0 Å². The number of ether oxygens (including phenoxy) is 1. The molecule has 0 aromatic carbocycles. The SMILES string of the molecule is CCNC(=NCc1cccnc1N1CCOCC1)NC(C)C. The summed E-state index contributed by atoms with van der Waals surface area (Å²) in [6.45, 7) is 11.0. The van der Waals surface area contributed by atoms with Gasteiger partial charge in [0.05, 0.1) is 19.8 Å². The van der Waals surface area contributed by atoms with Gasteiger partial charge < -0.3 is 20.3 Å². The zero-order valence-electron chi connectivity index (χ0n) is 13.8. The number of pyridine rings is 1. The number of rotatable bonds is 5. The summed E-state index contributed by atoms with van der Waals surface area (Å²) < 4.78 is 5.42. The third kappa shape index (κ3) is 4.87. The van der Waals surface area contributed by atoms with Crippen LogP contribution in [0.2, 0.25) is 0 Å². The van der Waals surface area contributed by atoms with Crippen LogP contribution in [0.4, 0.5) is 5.82 Å². The predicted octanol–water partition coefficient (Wildman–Crippen LogP) is 1.38. The highest BCUT2D eigenvalue weighted by atomic mass is 16.5. The Morgan fingerprint density at radius 1 is 1.41 bits per heavy atom. The predicted molar refractivity (Wildman–Crippen MR) is 90.4 cm³/mol. The maximum Gasteiger partial charge on any atom is 0.191 e. The first-order valence-electron chi connectivity index (χ1n) is 8.02. The Morgan fingerprint density at radius 3 is 2.86 bits per heavy atom. The zero-order chi connectivity index (χ0) is 15.8. The van der Waals surface area contributed by atoms with Gasteiger partial charge in [0.25, 0.3) is 0 Å². The Morgan fingerprint density at radius 2 is 2.18 bits per heavy atom. The van der Waals surface area contributed by atoms with E-state index in [1.54, 1.807) is 0 Å². The molecule has 0 atom stereocenters. The summed E-state index contributed by atoms with van der Waals surface area (Å²) in [5.74, 6) is 1.87. The topological polar surface area (TPSA) is 61.8 Å². The van der Waals surface area contributed by atoms with Crippen LogP contribution in [0.3, 0.4) is 0 Å². The molecule has 6 heteroatoms. The van der Waals surface area contributed by atoms with E-state index in [2.05, 4.69) is 52.3 Å². The first-order chi connectivity index (χ1) is 10.7. The van der Waals surface area contributed by atoms with Gasteiger partial charge >= 0.3 is 0 Å². The van der Waals surface area contributed by atoms with Gasteiger partial charge in [-0.15, -0.1) is 0 Å². The molecule has 1 aliphatic rings. The maximum atomic E-state index is 5.42. The number of nitrogens with zero attached hydrogens (tertiary/aromatic N) is 3. The maximum absolute atomic E-state index is 5.42. The number of guanidine groups is 1. The summed E-state index contributed by atoms with van der Waals surface area (Å²) in [6.07, 6.45) is 1.84. The Balaban J connectivity index is 2.10. The normalized spacial score (nSPS) is 16.0. The van der Waals surface area contributed by atoms with E-state index in [9.17, 15) is 0 Å². The lowest BCUT2D eigenvalue weighted by Crippen LogP contribution is -2.41. The molecule has 0 unspecified atom stereocenters. The second kappa shape index (κ2) is 8.58. The Kier molecular flexibility index (Phi) is 6.45. The highest BCUT2D eigenvalue weighted by Crippen LogP contribution is 2.19. The summed E-state index contributed by atoms with van der Waals surface area (Å²) >= 11 is 0. The molecular formula is C16H27N5O. The first-order valence-corrected chi connectivity index (χ1v) is 8.02. The van der Waals surface area contributed by atoms with Crippen LogP contribution in [0.1, 0.15) is 26.3 Å². The second-order valence-electron chi connectivity index (χ2n) is 5.58. The minimum Gasteiger partial charge on any atom is -0.378 e. The summed E-state index contributed by atoms with van der Waals surface area (Å²) in [4.78, 5) is 11.5. The van der Waals surface area contributed by atoms with Crippen LogP contribution in [0.25, 0.3) is 0 Å². The monoisotopic (exact) mass is 305 g/mol. The first kappa shape index (κ1) is 16.5. The molecule has 122 valence electrons. The minimum atomic E-state index is 0.352. The zero-order valence-corrected chi connectivity index (χ0v) is 13.8. The van der Waals surface area contributed by atoms with Crippen LogP contribution in [-0.2, 0) is 11.3 Å². The van der Waals surface area contributed by atoms with Crippen LogP contribution in [0.15, 0.2) is 23.3 Å². The van der Waals surface area contributed by atoms with Gasteiger partial charge in [0, 0.05) is 37.4 Å². The van der Waals surface area contributed by atoms with Crippen molar-refractivity contribution < 1.29 is 4.74 Å². The highest BCUT2D eigenvalue weighted by molar-refractivity contribution is 5.80. The van der Waals surface area contributed by atoms with Gasteiger partial charge in [-0.05, 0) is 26.8 Å². The Hall–Kier alpha value is -1.82. The molecule has 1 fully saturated rings. The number of anilines is 1. The minimum absolute atomic E-state index is 0.352. The van der Waals surface area contributed by atoms with Gasteiger partial charge in [-0.25, -0.2) is 9.98 Å². The summed E-state index contributed by atoms with van der Waals surface area (Å²) in [5, 5.41) is 6.60. The van der Waals surface area contributed by atoms with Crippen molar-refractivity contribution in [3.63, 3.8) is 0 Å². The van der Waals surface area contributed by atoms with Crippen LogP contribution in [0, 0.1) is 0 Å². The molecule has 1 saturated heterocycles. The highest BCUT2D eigenvalue weighted by Gasteiger charge is 2.15. The van der Waals surface area contributed by atoms with Crippen molar-refractivity contribution in [2.45, 2.75) is 33.4 Å². The van der Waals surface area contributed by atoms with Crippen LogP contribution < -0.4 is 15.5 Å². The quantitative estimate of drug-likeness (QED) is 0.636. The number of morpholine rings is 1. The van der Waals surface area contributed by atoms with E-state index in [0.29, 0.717) is 12.6 Å². The standard InChI is InChI=1S/C16H27N5O/c1-4-17-16(20-13(2)3)19-12-14-6-5-7-18-15(14)21-8-10-22-11-9-21/h5-7,13H,4,8-12H2,1-3H3,(H2,17,19,20). The summed E-state index contributed by atoms with van der Waals surface area (Å²) in [5.41, 5.74) is 1.14. The Labute approximate surface area is 133 Å². The van der Waals surface area contributed by atoms with E-state index in [-0.39, 0.29) is 0 Å². The van der Waals surface area contributed by atoms with Crippen LogP contribution in [-0.4, -0.2) is 49.8 Å². The number of aliphatic imine (C=N–C) groups is 1. The largest absolute Gasteiger partial charge is 0.378 e. The summed E-state index contributed by atoms with van der Waals surface area (Å²) in [6, 6.07) is 4.42. The molecule has 1 aliphatic heterocycles. The van der Waals surface area contributed by atoms with Crippen molar-refractivity contribution in [1.29, 1.82) is 0 Å². The van der Waals surface area contributed by atoms with Crippen LogP contribution in [0.5, 0.6) is 0 Å². The van der Waals surface area contributed by atoms with E-state index in [4.69, 9.17) is 4.74 Å². The fourth-order valence-corrected chi connectivity index (χ4v) is 2.37. The number of aromatic nitrogens is 1. The molecule has 0 bridgehead atoms. The van der Waals surface area contributed by atoms with Gasteiger partial charge in [-0.3, -0.25) is 0 Å². The van der Waals surface area contributed by atoms with E-state index in [1.807, 2.05) is 12.3 Å². The van der Waals surface area contributed by atoms with Crippen LogP contribution >= 0.6 is 0 Å². The van der Waals surface area contributed by atoms with E-state index in [0.717, 1.165) is 50.2 Å². The lowest BCUT2D eigenvalue weighted by molar-refractivity contribution is 0.122. The van der Waals surface area contributed by atoms with Crippen molar-refractivity contribution in [1.82, 2.24) is 15.6 Å². The van der Waals surface area contributed by atoms with Crippen molar-refractivity contribution in [3.8, 4) is 0 Å². The van der Waals surface area contributed by atoms with Crippen molar-refractivity contribution in [2.75, 3.05) is 37.7 Å². The molecule has 0 aliphatic carbocycles. The van der Waals surface area contributed by atoms with E-state index in [1.165, 1.54) is 0 Å². The molecule has 22 heavy (non-hydrogen) atoms. The van der Waals surface area contributed by atoms with Gasteiger partial charge in [-0.2, -0.15) is 0 Å². The fourth-order valence-electron chi connectivity index (χ4n) is 2.37. The molecule has 6 nitrogen and oxygen atoms in total. The van der Waals surface area contributed by atoms with Gasteiger partial charge in [0.15, 0.2) is 5.96 Å². The molecule has 2 N–H and O–H groups in total. The van der Waals surface area contributed by atoms with E-state index >= 15 is 0 Å². The van der Waals surface area contributed by atoms with Crippen molar-refractivity contribution in [3.05, 3.63) is 23.9 Å². The van der Waals surface area contributed by atoms with Crippen molar-refractivity contribution in [2.24, 2.45) is 4.99 Å². The van der Waals surface area contributed by atoms with Crippen molar-refractivity contribution >= 4 is 11.8 Å². The third-order valence-corrected chi connectivity index (χ3v) is 3.36. The average molecular weight is 305 g/mol. The molecule has 1 aromatic heterocycles. The van der Waals surface area contributed by atoms with E-state index < -0.39 is 0 Å². The molecule has 2 heterocycles. The molecule has 2 rings (SSSR count). The average Bonchev–Trinajstić information content (AvgIpc) is 2.53. The number of nitrogens with one attached hydrogen (secondary N) is 2. The molecule has 0 amide bonds. The van der Waals surface area contributed by atoms with Gasteiger partial charge in [-0.1, -0.05) is 6.07 Å². The summed E-state index contributed by atoms with van der Waals surface area (Å²) in [7, 11) is 0. The molecule has 0 spiro atoms. The number of hydrogen-bond donors (Lipinski definition) is 2. The molecule has 1 aromatic rings. The second-order valence-corrected chi connectivity index (χ2v) is 5.58. The lowest BCUT2D eigenvalue weighted by Gasteiger charge is -2.29. The smallest absolute Gasteiger partial charge is 0.191 e. The third-order valence-electron chi connectivity index (χ3n) is 3.36. The number of hydrogen-bond acceptors (Lipinski definition) is 4. The lowest BCUT2D eigenvalue weighted by atomic mass is 10.2.